The molecule has 0 spiro atoms. The number of carbonyl (C=O) groups is 2. The number of rotatable bonds is 72. The molecule has 0 aromatic rings. The molecule has 0 fully saturated rings. The normalized spacial score (nSPS) is 12.7. The highest BCUT2D eigenvalue weighted by atomic mass is 16.5. The molecule has 0 bridgehead atoms. The Balaban J connectivity index is 3.37. The first kappa shape index (κ1) is 82.1. The number of hydrogen-bond donors (Lipinski definition) is 3. The summed E-state index contributed by atoms with van der Waals surface area (Å²) in [7, 11) is 0. The molecule has 84 heavy (non-hydrogen) atoms. The Morgan fingerprint density at radius 1 is 0.333 bits per heavy atom. The third-order valence-corrected chi connectivity index (χ3v) is 17.9. The summed E-state index contributed by atoms with van der Waals surface area (Å²) in [6, 6.07) is -0.627. The SMILES string of the molecule is CCCCC/C=C\C/C=C\CCCCCCCCCC(=O)OCCCCCCCCCCCCCCCCCCCCCCCCCCCCCCC(=O)NC(CO)C(O)/C=C/CCCCCCCCCCCCCCCCCCCCCC. The molecule has 0 aromatic carbocycles. The topological polar surface area (TPSA) is 95.9 Å². The van der Waals surface area contributed by atoms with E-state index < -0.39 is 12.1 Å². The number of nitrogens with one attached hydrogen (secondary N) is 1. The van der Waals surface area contributed by atoms with Gasteiger partial charge in [-0.1, -0.05) is 384 Å². The molecule has 0 saturated carbocycles. The van der Waals surface area contributed by atoms with Crippen LogP contribution in [0.5, 0.6) is 0 Å². The zero-order valence-electron chi connectivity index (χ0n) is 56.9. The molecule has 6 nitrogen and oxygen atoms in total. The highest BCUT2D eigenvalue weighted by Gasteiger charge is 2.18. The molecule has 0 aliphatic heterocycles. The molecule has 0 heterocycles. The van der Waals surface area contributed by atoms with Gasteiger partial charge in [0, 0.05) is 12.8 Å². The lowest BCUT2D eigenvalue weighted by molar-refractivity contribution is -0.143. The van der Waals surface area contributed by atoms with Gasteiger partial charge in [0.2, 0.25) is 5.91 Å². The Bertz CT molecular complexity index is 1360. The first-order valence-electron chi connectivity index (χ1n) is 38.3. The number of ether oxygens (including phenoxy) is 1. The van der Waals surface area contributed by atoms with Crippen molar-refractivity contribution in [3.05, 3.63) is 36.5 Å². The van der Waals surface area contributed by atoms with Crippen molar-refractivity contribution in [3.63, 3.8) is 0 Å². The molecule has 0 rings (SSSR count). The smallest absolute Gasteiger partial charge is 0.305 e. The van der Waals surface area contributed by atoms with Crippen LogP contribution in [0.2, 0.25) is 0 Å². The number of hydrogen-bond acceptors (Lipinski definition) is 5. The van der Waals surface area contributed by atoms with Gasteiger partial charge in [0.1, 0.15) is 0 Å². The van der Waals surface area contributed by atoms with Crippen LogP contribution in [0.25, 0.3) is 0 Å². The standard InChI is InChI=1S/C78H149NO5/c1-3-5-7-9-11-13-15-17-19-21-22-23-32-35-39-42-46-50-54-58-62-66-70-76(81)75(74-80)79-77(82)71-67-63-59-55-51-47-43-40-36-33-30-28-26-24-25-27-29-31-34-37-41-45-49-53-57-61-65-69-73-84-78(83)72-68-64-60-56-52-48-44-38-20-18-16-14-12-10-8-6-4-2/h12,14,18,20,66,70,75-76,80-81H,3-11,13,15-17,19,21-65,67-69,71-74H2,1-2H3,(H,79,82)/b14-12-,20-18-,70-66+. The van der Waals surface area contributed by atoms with E-state index in [4.69, 9.17) is 4.74 Å². The van der Waals surface area contributed by atoms with Gasteiger partial charge in [-0.15, -0.1) is 0 Å². The minimum absolute atomic E-state index is 0.0114. The molecular formula is C78H149NO5. The van der Waals surface area contributed by atoms with Gasteiger partial charge in [0.25, 0.3) is 0 Å². The fourth-order valence-corrected chi connectivity index (χ4v) is 12.1. The van der Waals surface area contributed by atoms with Gasteiger partial charge < -0.3 is 20.3 Å². The summed E-state index contributed by atoms with van der Waals surface area (Å²) < 4.78 is 5.50. The first-order valence-corrected chi connectivity index (χ1v) is 38.3. The molecule has 0 aliphatic carbocycles. The van der Waals surface area contributed by atoms with Crippen LogP contribution >= 0.6 is 0 Å². The lowest BCUT2D eigenvalue weighted by Crippen LogP contribution is -2.45. The summed E-state index contributed by atoms with van der Waals surface area (Å²) in [5.74, 6) is -0.0491. The molecule has 2 atom stereocenters. The second-order valence-electron chi connectivity index (χ2n) is 26.3. The van der Waals surface area contributed by atoms with Crippen molar-refractivity contribution < 1.29 is 24.5 Å². The van der Waals surface area contributed by atoms with Crippen molar-refractivity contribution in [1.29, 1.82) is 0 Å². The number of aliphatic hydroxyl groups excluding tert-OH is 2. The van der Waals surface area contributed by atoms with Gasteiger partial charge >= 0.3 is 5.97 Å². The summed E-state index contributed by atoms with van der Waals surface area (Å²) in [5, 5.41) is 23.3. The second-order valence-corrected chi connectivity index (χ2v) is 26.3. The van der Waals surface area contributed by atoms with Crippen molar-refractivity contribution in [2.45, 2.75) is 437 Å². The number of amides is 1. The largest absolute Gasteiger partial charge is 0.466 e. The van der Waals surface area contributed by atoms with E-state index in [1.807, 2.05) is 6.08 Å². The summed E-state index contributed by atoms with van der Waals surface area (Å²) in [4.78, 5) is 24.6. The van der Waals surface area contributed by atoms with Crippen LogP contribution in [0.3, 0.4) is 0 Å². The number of unbranched alkanes of at least 4 members (excludes halogenated alkanes) is 57. The third-order valence-electron chi connectivity index (χ3n) is 17.9. The quantitative estimate of drug-likeness (QED) is 0.0320. The molecule has 0 saturated heterocycles. The van der Waals surface area contributed by atoms with Crippen molar-refractivity contribution in [3.8, 4) is 0 Å². The first-order chi connectivity index (χ1) is 41.5. The molecule has 2 unspecified atom stereocenters. The highest BCUT2D eigenvalue weighted by Crippen LogP contribution is 2.19. The van der Waals surface area contributed by atoms with Crippen LogP contribution in [0.4, 0.5) is 0 Å². The average molecular weight is 1180 g/mol. The van der Waals surface area contributed by atoms with Gasteiger partial charge in [-0.2, -0.15) is 0 Å². The lowest BCUT2D eigenvalue weighted by Gasteiger charge is -2.20. The van der Waals surface area contributed by atoms with Gasteiger partial charge in [-0.25, -0.2) is 0 Å². The highest BCUT2D eigenvalue weighted by molar-refractivity contribution is 5.76. The molecule has 3 N–H and O–H groups in total. The van der Waals surface area contributed by atoms with Gasteiger partial charge in [0.05, 0.1) is 25.4 Å². The van der Waals surface area contributed by atoms with Crippen molar-refractivity contribution in [1.82, 2.24) is 5.32 Å². The van der Waals surface area contributed by atoms with E-state index in [9.17, 15) is 19.8 Å². The molecular weight excluding hydrogens is 1030 g/mol. The summed E-state index contributed by atoms with van der Waals surface area (Å²) in [5.41, 5.74) is 0. The monoisotopic (exact) mass is 1180 g/mol. The van der Waals surface area contributed by atoms with Gasteiger partial charge in [-0.05, 0) is 64.2 Å². The summed E-state index contributed by atoms with van der Waals surface area (Å²) >= 11 is 0. The summed E-state index contributed by atoms with van der Waals surface area (Å²) in [6.07, 6.45) is 95.3. The van der Waals surface area contributed by atoms with E-state index in [0.717, 1.165) is 51.4 Å². The van der Waals surface area contributed by atoms with E-state index in [2.05, 4.69) is 43.5 Å². The van der Waals surface area contributed by atoms with Crippen molar-refractivity contribution >= 4 is 11.9 Å². The van der Waals surface area contributed by atoms with Crippen LogP contribution in [-0.4, -0.2) is 47.4 Å². The van der Waals surface area contributed by atoms with Gasteiger partial charge in [0.15, 0.2) is 0 Å². The molecule has 0 aromatic heterocycles. The second kappa shape index (κ2) is 73.5. The lowest BCUT2D eigenvalue weighted by atomic mass is 10.0. The minimum Gasteiger partial charge on any atom is -0.466 e. The van der Waals surface area contributed by atoms with Crippen LogP contribution in [-0.2, 0) is 14.3 Å². The van der Waals surface area contributed by atoms with Crippen LogP contribution in [0.15, 0.2) is 36.5 Å². The zero-order valence-corrected chi connectivity index (χ0v) is 56.9. The number of allylic oxidation sites excluding steroid dienone is 5. The van der Waals surface area contributed by atoms with Crippen LogP contribution in [0.1, 0.15) is 425 Å². The summed E-state index contributed by atoms with van der Waals surface area (Å²) in [6.45, 7) is 4.92. The van der Waals surface area contributed by atoms with Crippen LogP contribution in [0, 0.1) is 0 Å². The Hall–Kier alpha value is -1.92. The maximum Gasteiger partial charge on any atom is 0.305 e. The number of aliphatic hydroxyl groups is 2. The third kappa shape index (κ3) is 69.2. The Morgan fingerprint density at radius 2 is 0.595 bits per heavy atom. The Labute approximate surface area is 525 Å². The van der Waals surface area contributed by atoms with E-state index in [1.54, 1.807) is 6.08 Å². The number of carbonyl (C=O) groups excluding carboxylic acids is 2. The molecule has 1 amide bonds. The van der Waals surface area contributed by atoms with E-state index >= 15 is 0 Å². The molecule has 0 aliphatic rings. The average Bonchev–Trinajstić information content (AvgIpc) is 3.51. The predicted octanol–water partition coefficient (Wildman–Crippen LogP) is 25.0. The van der Waals surface area contributed by atoms with Crippen LogP contribution < -0.4 is 5.32 Å². The molecule has 6 heteroatoms. The fraction of sp³-hybridized carbons (Fsp3) is 0.897. The minimum atomic E-state index is -0.844. The van der Waals surface area contributed by atoms with E-state index in [0.29, 0.717) is 19.4 Å². The maximum absolute atomic E-state index is 12.5. The molecule has 496 valence electrons. The maximum atomic E-state index is 12.5. The predicted molar refractivity (Wildman–Crippen MR) is 370 cm³/mol. The van der Waals surface area contributed by atoms with Crippen molar-refractivity contribution in [2.24, 2.45) is 0 Å². The van der Waals surface area contributed by atoms with E-state index in [-0.39, 0.29) is 18.5 Å². The Kier molecular flexibility index (Phi) is 71.9. The fourth-order valence-electron chi connectivity index (χ4n) is 12.1. The number of esters is 1. The zero-order chi connectivity index (χ0) is 60.6. The molecule has 0 radical (unpaired) electrons. The Morgan fingerprint density at radius 3 is 0.929 bits per heavy atom. The van der Waals surface area contributed by atoms with Crippen molar-refractivity contribution in [2.75, 3.05) is 13.2 Å². The van der Waals surface area contributed by atoms with E-state index in [1.165, 1.54) is 347 Å². The van der Waals surface area contributed by atoms with Gasteiger partial charge in [-0.3, -0.25) is 9.59 Å².